The lowest BCUT2D eigenvalue weighted by molar-refractivity contribution is 0.247. The predicted molar refractivity (Wildman–Crippen MR) is 102 cm³/mol. The maximum Gasteiger partial charge on any atom is 0.345 e. The van der Waals surface area contributed by atoms with Gasteiger partial charge in [0, 0.05) is 18.6 Å². The van der Waals surface area contributed by atoms with Crippen molar-refractivity contribution >= 4 is 40.1 Å². The molecule has 0 aliphatic heterocycles. The Balaban J connectivity index is 2.09. The van der Waals surface area contributed by atoms with E-state index in [9.17, 15) is 4.79 Å². The van der Waals surface area contributed by atoms with E-state index in [1.165, 1.54) is 18.2 Å². The number of hydrogen-bond donors (Lipinski definition) is 2. The van der Waals surface area contributed by atoms with Crippen LogP contribution in [-0.4, -0.2) is 30.6 Å². The fraction of sp³-hybridized carbons (Fsp3) is 0.188. The topological polar surface area (TPSA) is 84.8 Å². The fourth-order valence-corrected chi connectivity index (χ4v) is 2.68. The van der Waals surface area contributed by atoms with Crippen molar-refractivity contribution in [3.8, 4) is 11.5 Å². The van der Waals surface area contributed by atoms with E-state index in [2.05, 4.69) is 36.2 Å². The highest BCUT2D eigenvalue weighted by molar-refractivity contribution is 9.10. The van der Waals surface area contributed by atoms with Crippen LogP contribution in [0.25, 0.3) is 0 Å². The number of nitrogens with zero attached hydrogens (tertiary/aromatic N) is 2. The number of rotatable bonds is 7. The Labute approximate surface area is 158 Å². The third-order valence-corrected chi connectivity index (χ3v) is 3.94. The molecule has 0 radical (unpaired) electrons. The number of amides is 2. The molecule has 2 amide bonds. The van der Waals surface area contributed by atoms with Crippen LogP contribution >= 0.6 is 27.9 Å². The summed E-state index contributed by atoms with van der Waals surface area (Å²) in [4.78, 5) is 15.3. The van der Waals surface area contributed by atoms with E-state index in [-0.39, 0.29) is 0 Å². The number of hydrogen-bond acceptors (Lipinski definition) is 6. The number of benzene rings is 1. The minimum absolute atomic E-state index is 0.390. The first kappa shape index (κ1) is 19.1. The molecule has 9 heteroatoms. The molecule has 0 fully saturated rings. The SMILES string of the molecule is COc1cc(/C=N/NC(=O)NSC)cc(Br)c1OCc1ccncc1. The van der Waals surface area contributed by atoms with Crippen LogP contribution in [-0.2, 0) is 6.61 Å². The predicted octanol–water partition coefficient (Wildman–Crippen LogP) is 3.34. The van der Waals surface area contributed by atoms with Gasteiger partial charge in [0.15, 0.2) is 11.5 Å². The standard InChI is InChI=1S/C16H17BrN4O3S/c1-23-14-8-12(9-19-20-16(22)21-25-2)7-13(17)15(14)24-10-11-3-5-18-6-4-11/h3-9H,10H2,1-2H3,(H2,20,21,22)/b19-9+. The largest absolute Gasteiger partial charge is 0.493 e. The highest BCUT2D eigenvalue weighted by atomic mass is 79.9. The summed E-state index contributed by atoms with van der Waals surface area (Å²) in [6.07, 6.45) is 6.69. The molecule has 25 heavy (non-hydrogen) atoms. The minimum atomic E-state index is -0.396. The number of aromatic nitrogens is 1. The number of nitrogens with one attached hydrogen (secondary N) is 2. The maximum absolute atomic E-state index is 11.3. The second-order valence-electron chi connectivity index (χ2n) is 4.68. The van der Waals surface area contributed by atoms with Crippen molar-refractivity contribution in [3.05, 3.63) is 52.3 Å². The molecule has 0 bridgehead atoms. The van der Waals surface area contributed by atoms with E-state index in [4.69, 9.17) is 9.47 Å². The number of methoxy groups -OCH3 is 1. The van der Waals surface area contributed by atoms with Gasteiger partial charge >= 0.3 is 6.03 Å². The molecule has 0 atom stereocenters. The first-order chi connectivity index (χ1) is 12.1. The Hall–Kier alpha value is -2.26. The summed E-state index contributed by atoms with van der Waals surface area (Å²) in [5, 5.41) is 3.88. The Morgan fingerprint density at radius 3 is 2.84 bits per heavy atom. The highest BCUT2D eigenvalue weighted by Gasteiger charge is 2.11. The summed E-state index contributed by atoms with van der Waals surface area (Å²) in [7, 11) is 1.56. The summed E-state index contributed by atoms with van der Waals surface area (Å²) >= 11 is 4.66. The summed E-state index contributed by atoms with van der Waals surface area (Å²) in [5.74, 6) is 1.14. The molecule has 0 saturated carbocycles. The molecule has 0 aliphatic rings. The van der Waals surface area contributed by atoms with E-state index >= 15 is 0 Å². The lowest BCUT2D eigenvalue weighted by Gasteiger charge is -2.13. The molecule has 2 N–H and O–H groups in total. The molecule has 0 aliphatic carbocycles. The number of hydrazone groups is 1. The van der Waals surface area contributed by atoms with Crippen LogP contribution in [0.4, 0.5) is 4.79 Å². The second kappa shape index (κ2) is 9.90. The van der Waals surface area contributed by atoms with Crippen molar-refractivity contribution in [2.24, 2.45) is 5.10 Å². The van der Waals surface area contributed by atoms with Gasteiger partial charge < -0.3 is 9.47 Å². The molecule has 1 aromatic heterocycles. The van der Waals surface area contributed by atoms with Gasteiger partial charge in [0.25, 0.3) is 0 Å². The maximum atomic E-state index is 11.3. The molecule has 0 spiro atoms. The van der Waals surface area contributed by atoms with Crippen LogP contribution in [0.2, 0.25) is 0 Å². The van der Waals surface area contributed by atoms with Crippen LogP contribution in [0.3, 0.4) is 0 Å². The number of carbonyl (C=O) groups excluding carboxylic acids is 1. The molecular weight excluding hydrogens is 408 g/mol. The van der Waals surface area contributed by atoms with Gasteiger partial charge in [-0.25, -0.2) is 10.2 Å². The van der Waals surface area contributed by atoms with Crippen molar-refractivity contribution in [1.82, 2.24) is 15.1 Å². The second-order valence-corrected chi connectivity index (χ2v) is 6.15. The number of pyridine rings is 1. The summed E-state index contributed by atoms with van der Waals surface area (Å²) in [6.45, 7) is 0.390. The Kier molecular flexibility index (Phi) is 7.55. The van der Waals surface area contributed by atoms with Gasteiger partial charge in [-0.3, -0.25) is 9.71 Å². The van der Waals surface area contributed by atoms with Crippen LogP contribution in [0, 0.1) is 0 Å². The van der Waals surface area contributed by atoms with Gasteiger partial charge in [0.05, 0.1) is 17.8 Å². The number of halogens is 1. The Morgan fingerprint density at radius 2 is 2.16 bits per heavy atom. The molecule has 7 nitrogen and oxygen atoms in total. The van der Waals surface area contributed by atoms with Gasteiger partial charge in [-0.2, -0.15) is 5.10 Å². The molecule has 2 rings (SSSR count). The van der Waals surface area contributed by atoms with E-state index in [0.29, 0.717) is 18.1 Å². The normalized spacial score (nSPS) is 10.5. The number of carbonyl (C=O) groups is 1. The zero-order chi connectivity index (χ0) is 18.1. The first-order valence-electron chi connectivity index (χ1n) is 7.15. The molecule has 1 heterocycles. The Morgan fingerprint density at radius 1 is 1.40 bits per heavy atom. The van der Waals surface area contributed by atoms with Gasteiger partial charge in [-0.05, 0) is 51.3 Å². The molecule has 1 aromatic carbocycles. The van der Waals surface area contributed by atoms with Crippen LogP contribution in [0.1, 0.15) is 11.1 Å². The molecule has 0 unspecified atom stereocenters. The first-order valence-corrected chi connectivity index (χ1v) is 9.17. The van der Waals surface area contributed by atoms with Gasteiger partial charge in [-0.1, -0.05) is 11.9 Å². The molecule has 2 aromatic rings. The van der Waals surface area contributed by atoms with Crippen LogP contribution in [0.5, 0.6) is 11.5 Å². The Bertz CT molecular complexity index is 744. The number of urea groups is 1. The average molecular weight is 425 g/mol. The lowest BCUT2D eigenvalue weighted by atomic mass is 10.2. The van der Waals surface area contributed by atoms with E-state index < -0.39 is 6.03 Å². The summed E-state index contributed by atoms with van der Waals surface area (Å²) in [5.41, 5.74) is 4.09. The fourth-order valence-electron chi connectivity index (χ4n) is 1.87. The zero-order valence-electron chi connectivity index (χ0n) is 13.7. The van der Waals surface area contributed by atoms with Crippen molar-refractivity contribution < 1.29 is 14.3 Å². The van der Waals surface area contributed by atoms with Crippen LogP contribution in [0.15, 0.2) is 46.2 Å². The zero-order valence-corrected chi connectivity index (χ0v) is 16.1. The van der Waals surface area contributed by atoms with Crippen molar-refractivity contribution in [3.63, 3.8) is 0 Å². The van der Waals surface area contributed by atoms with Gasteiger partial charge in [0.1, 0.15) is 6.61 Å². The van der Waals surface area contributed by atoms with Gasteiger partial charge in [0.2, 0.25) is 0 Å². The minimum Gasteiger partial charge on any atom is -0.493 e. The van der Waals surface area contributed by atoms with Crippen LogP contribution < -0.4 is 19.6 Å². The summed E-state index contributed by atoms with van der Waals surface area (Å²) < 4.78 is 14.5. The van der Waals surface area contributed by atoms with Crippen molar-refractivity contribution in [1.29, 1.82) is 0 Å². The molecule has 132 valence electrons. The average Bonchev–Trinajstić information content (AvgIpc) is 2.61. The third kappa shape index (κ3) is 5.95. The monoisotopic (exact) mass is 424 g/mol. The van der Waals surface area contributed by atoms with Crippen molar-refractivity contribution in [2.45, 2.75) is 6.61 Å². The third-order valence-electron chi connectivity index (χ3n) is 2.96. The van der Waals surface area contributed by atoms with Crippen molar-refractivity contribution in [2.75, 3.05) is 13.4 Å². The van der Waals surface area contributed by atoms with E-state index in [1.807, 2.05) is 18.2 Å². The van der Waals surface area contributed by atoms with Gasteiger partial charge in [-0.15, -0.1) is 0 Å². The molecular formula is C16H17BrN4O3S. The smallest absolute Gasteiger partial charge is 0.345 e. The summed E-state index contributed by atoms with van der Waals surface area (Å²) in [6, 6.07) is 6.96. The van der Waals surface area contributed by atoms with E-state index in [1.54, 1.807) is 31.8 Å². The quantitative estimate of drug-likeness (QED) is 0.404. The number of ether oxygens (including phenoxy) is 2. The molecule has 0 saturated heterocycles. The van der Waals surface area contributed by atoms with E-state index in [0.717, 1.165) is 15.6 Å². The highest BCUT2D eigenvalue weighted by Crippen LogP contribution is 2.36. The lowest BCUT2D eigenvalue weighted by Crippen LogP contribution is -2.26.